The van der Waals surface area contributed by atoms with Crippen LogP contribution in [0.15, 0.2) is 64.8 Å². The molecule has 0 bridgehead atoms. The van der Waals surface area contributed by atoms with Crippen molar-refractivity contribution < 1.29 is 4.57 Å². The van der Waals surface area contributed by atoms with E-state index in [1.54, 1.807) is 0 Å². The average Bonchev–Trinajstić information content (AvgIpc) is 2.81. The molecule has 0 saturated carbocycles. The maximum atomic E-state index is 4.56. The normalized spacial score (nSPS) is 13.5. The molecule has 3 aromatic carbocycles. The van der Waals surface area contributed by atoms with Gasteiger partial charge in [0.05, 0.1) is 10.9 Å². The van der Waals surface area contributed by atoms with Crippen LogP contribution >= 0.6 is 11.8 Å². The van der Waals surface area contributed by atoms with Crippen molar-refractivity contribution in [1.82, 2.24) is 4.98 Å². The maximum absolute atomic E-state index is 4.56. The van der Waals surface area contributed by atoms with Gasteiger partial charge < -0.3 is 0 Å². The van der Waals surface area contributed by atoms with E-state index in [1.165, 1.54) is 70.1 Å². The van der Waals surface area contributed by atoms with E-state index in [0.717, 1.165) is 12.8 Å². The maximum Gasteiger partial charge on any atom is 0.222 e. The van der Waals surface area contributed by atoms with Crippen molar-refractivity contribution in [3.63, 3.8) is 0 Å². The predicted octanol–water partition coefficient (Wildman–Crippen LogP) is 8.98. The van der Waals surface area contributed by atoms with E-state index in [2.05, 4.69) is 114 Å². The lowest BCUT2D eigenvalue weighted by molar-refractivity contribution is -0.659. The first-order valence-electron chi connectivity index (χ1n) is 13.4. The second-order valence-corrected chi connectivity index (χ2v) is 14.4. The largest absolute Gasteiger partial charge is 0.264 e. The third-order valence-electron chi connectivity index (χ3n) is 7.58. The fourth-order valence-corrected chi connectivity index (χ4v) is 7.54. The Balaban J connectivity index is 1.71. The van der Waals surface area contributed by atoms with E-state index in [1.807, 2.05) is 18.0 Å². The summed E-state index contributed by atoms with van der Waals surface area (Å²) in [5.41, 5.74) is 7.38. The fourth-order valence-electron chi connectivity index (χ4n) is 6.17. The summed E-state index contributed by atoms with van der Waals surface area (Å²) in [6, 6.07) is 14.1. The minimum absolute atomic E-state index is 0.173. The van der Waals surface area contributed by atoms with Gasteiger partial charge >= 0.3 is 0 Å². The predicted molar refractivity (Wildman–Crippen MR) is 159 cm³/mol. The summed E-state index contributed by atoms with van der Waals surface area (Å²) in [7, 11) is 2.20. The Morgan fingerprint density at radius 1 is 0.838 bits per heavy atom. The molecule has 2 nitrogen and oxygen atoms in total. The van der Waals surface area contributed by atoms with Gasteiger partial charge in [-0.05, 0) is 75.6 Å². The van der Waals surface area contributed by atoms with Crippen LogP contribution < -0.4 is 4.57 Å². The molecule has 2 aromatic heterocycles. The van der Waals surface area contributed by atoms with Crippen molar-refractivity contribution in [3.8, 4) is 11.3 Å². The highest BCUT2D eigenvalue weighted by Gasteiger charge is 2.33. The Morgan fingerprint density at radius 2 is 1.59 bits per heavy atom. The first-order chi connectivity index (χ1) is 17.4. The molecule has 5 aromatic rings. The number of fused-ring (bicyclic) bond motifs is 5. The number of hydrogen-bond acceptors (Lipinski definition) is 2. The molecule has 0 radical (unpaired) electrons. The molecule has 0 spiro atoms. The van der Waals surface area contributed by atoms with Gasteiger partial charge in [0, 0.05) is 39.0 Å². The van der Waals surface area contributed by atoms with Gasteiger partial charge in [-0.1, -0.05) is 71.5 Å². The molecule has 0 unspecified atom stereocenters. The van der Waals surface area contributed by atoms with Gasteiger partial charge in [-0.2, -0.15) is 0 Å². The molecular weight excluding hydrogens is 468 g/mol. The lowest BCUT2D eigenvalue weighted by atomic mass is 9.83. The van der Waals surface area contributed by atoms with Crippen LogP contribution in [0.25, 0.3) is 43.6 Å². The Kier molecular flexibility index (Phi) is 5.48. The molecule has 0 saturated heterocycles. The molecule has 0 atom stereocenters. The van der Waals surface area contributed by atoms with Crippen LogP contribution in [-0.2, 0) is 19.9 Å². The van der Waals surface area contributed by atoms with Crippen LogP contribution in [0.4, 0.5) is 0 Å². The van der Waals surface area contributed by atoms with E-state index in [4.69, 9.17) is 0 Å². The third kappa shape index (κ3) is 4.12. The highest BCUT2D eigenvalue weighted by atomic mass is 32.2. The molecule has 188 valence electrons. The number of hydrogen-bond donors (Lipinski definition) is 0. The van der Waals surface area contributed by atoms with Crippen molar-refractivity contribution in [3.05, 3.63) is 71.7 Å². The van der Waals surface area contributed by atoms with Crippen LogP contribution in [-0.4, -0.2) is 4.98 Å². The molecule has 6 rings (SSSR count). The summed E-state index contributed by atoms with van der Waals surface area (Å²) >= 11 is 1.97. The van der Waals surface area contributed by atoms with E-state index in [-0.39, 0.29) is 10.8 Å². The topological polar surface area (TPSA) is 16.8 Å². The van der Waals surface area contributed by atoms with E-state index in [9.17, 15) is 0 Å². The Morgan fingerprint density at radius 3 is 2.32 bits per heavy atom. The van der Waals surface area contributed by atoms with Crippen LogP contribution in [0.3, 0.4) is 0 Å². The van der Waals surface area contributed by atoms with Crippen molar-refractivity contribution in [1.29, 1.82) is 0 Å². The number of benzene rings is 3. The zero-order valence-electron chi connectivity index (χ0n) is 23.4. The second-order valence-electron chi connectivity index (χ2n) is 13.3. The molecule has 1 aliphatic rings. The number of aromatic nitrogens is 2. The average molecular weight is 506 g/mol. The van der Waals surface area contributed by atoms with Crippen molar-refractivity contribution in [2.75, 3.05) is 0 Å². The molecule has 37 heavy (non-hydrogen) atoms. The molecule has 0 fully saturated rings. The van der Waals surface area contributed by atoms with Gasteiger partial charge in [0.25, 0.3) is 0 Å². The standard InChI is InChI=1S/C34H37N2S/c1-20-23-11-13-35-19-27(23)26(18-34(5,6)7)32-29(20)31-30-25(12-14-36(31)8)24-10-9-21(17-33(2,3)4)15-22(24)16-28(30)37-32/h9-16,19H,17-18H2,1-8H3/q+1. The third-order valence-corrected chi connectivity index (χ3v) is 8.78. The summed E-state index contributed by atoms with van der Waals surface area (Å²) in [6.45, 7) is 16.3. The lowest BCUT2D eigenvalue weighted by Gasteiger charge is -2.28. The van der Waals surface area contributed by atoms with Gasteiger partial charge in [0.2, 0.25) is 5.69 Å². The van der Waals surface area contributed by atoms with Crippen LogP contribution in [0.2, 0.25) is 0 Å². The van der Waals surface area contributed by atoms with Crippen LogP contribution in [0.1, 0.15) is 58.2 Å². The number of pyridine rings is 2. The van der Waals surface area contributed by atoms with Crippen molar-refractivity contribution >= 4 is 44.1 Å². The monoisotopic (exact) mass is 505 g/mol. The highest BCUT2D eigenvalue weighted by molar-refractivity contribution is 8.00. The van der Waals surface area contributed by atoms with Crippen LogP contribution in [0, 0.1) is 17.8 Å². The molecule has 0 N–H and O–H groups in total. The summed E-state index contributed by atoms with van der Waals surface area (Å²) in [4.78, 5) is 7.34. The first kappa shape index (κ1) is 24.4. The summed E-state index contributed by atoms with van der Waals surface area (Å²) in [5.74, 6) is 0. The van der Waals surface area contributed by atoms with E-state index in [0.29, 0.717) is 0 Å². The van der Waals surface area contributed by atoms with Gasteiger partial charge in [0.15, 0.2) is 6.20 Å². The zero-order valence-corrected chi connectivity index (χ0v) is 24.2. The van der Waals surface area contributed by atoms with Crippen LogP contribution in [0.5, 0.6) is 0 Å². The van der Waals surface area contributed by atoms with E-state index >= 15 is 0 Å². The van der Waals surface area contributed by atoms with Gasteiger partial charge in [-0.25, -0.2) is 4.57 Å². The zero-order chi connectivity index (χ0) is 26.3. The Labute approximate surface area is 225 Å². The quantitative estimate of drug-likeness (QED) is 0.172. The second kappa shape index (κ2) is 8.30. The minimum Gasteiger partial charge on any atom is -0.264 e. The minimum atomic E-state index is 0.173. The van der Waals surface area contributed by atoms with Crippen molar-refractivity contribution in [2.24, 2.45) is 17.9 Å². The number of rotatable bonds is 2. The van der Waals surface area contributed by atoms with Gasteiger partial charge in [-0.15, -0.1) is 0 Å². The molecule has 0 aliphatic carbocycles. The summed E-state index contributed by atoms with van der Waals surface area (Å²) in [6.07, 6.45) is 8.37. The van der Waals surface area contributed by atoms with Gasteiger partial charge in [-0.3, -0.25) is 4.98 Å². The number of nitrogens with zero attached hydrogens (tertiary/aromatic N) is 2. The molecule has 3 heteroatoms. The molecule has 0 amide bonds. The molecule has 1 aliphatic heterocycles. The fraction of sp³-hybridized carbons (Fsp3) is 0.353. The Hall–Kier alpha value is -2.91. The summed E-state index contributed by atoms with van der Waals surface area (Å²) < 4.78 is 2.34. The molecule has 3 heterocycles. The Bertz CT molecular complexity index is 1730. The highest BCUT2D eigenvalue weighted by Crippen LogP contribution is 2.53. The first-order valence-corrected chi connectivity index (χ1v) is 14.2. The lowest BCUT2D eigenvalue weighted by Crippen LogP contribution is -2.32. The molecular formula is C34H37N2S+. The summed E-state index contributed by atoms with van der Waals surface area (Å²) in [5, 5.41) is 8.05. The number of aryl methyl sites for hydroxylation is 2. The van der Waals surface area contributed by atoms with Gasteiger partial charge in [0.1, 0.15) is 7.05 Å². The van der Waals surface area contributed by atoms with Crippen molar-refractivity contribution in [2.45, 2.75) is 71.1 Å². The SMILES string of the molecule is Cc1c2c(c(CC(C)(C)C)c3cnccc13)Sc1cc3cc(CC(C)(C)C)ccc3c3cc[n+](C)c-2c13. The van der Waals surface area contributed by atoms with E-state index < -0.39 is 0 Å². The smallest absolute Gasteiger partial charge is 0.222 e.